The lowest BCUT2D eigenvalue weighted by molar-refractivity contribution is -0.372. The van der Waals surface area contributed by atoms with Gasteiger partial charge in [-0.3, -0.25) is 4.79 Å². The van der Waals surface area contributed by atoms with E-state index in [4.69, 9.17) is 28.4 Å². The third-order valence-electron chi connectivity index (χ3n) is 19.1. The van der Waals surface area contributed by atoms with Gasteiger partial charge in [0, 0.05) is 5.41 Å². The lowest BCUT2D eigenvalue weighted by Crippen LogP contribution is -2.67. The smallest absolute Gasteiger partial charge is 0.310 e. The van der Waals surface area contributed by atoms with Gasteiger partial charge in [0.25, 0.3) is 0 Å². The second-order valence-corrected chi connectivity index (χ2v) is 22.9. The Labute approximate surface area is 376 Å². The molecule has 10 N–H and O–H groups in total. The molecule has 3 heterocycles. The van der Waals surface area contributed by atoms with E-state index in [-0.39, 0.29) is 52.6 Å². The molecular formula is C47H76O17. The Kier molecular flexibility index (Phi) is 13.2. The fourth-order valence-corrected chi connectivity index (χ4v) is 14.7. The van der Waals surface area contributed by atoms with Gasteiger partial charge in [0.15, 0.2) is 18.9 Å². The Hall–Kier alpha value is -1.39. The highest BCUT2D eigenvalue weighted by molar-refractivity contribution is 5.76. The zero-order chi connectivity index (χ0) is 46.7. The fourth-order valence-electron chi connectivity index (χ4n) is 14.7. The molecule has 17 nitrogen and oxygen atoms in total. The van der Waals surface area contributed by atoms with Crippen LogP contribution in [0.25, 0.3) is 0 Å². The molecule has 3 saturated heterocycles. The van der Waals surface area contributed by atoms with Gasteiger partial charge < -0.3 is 79.5 Å². The summed E-state index contributed by atoms with van der Waals surface area (Å²) in [5, 5.41) is 108. The van der Waals surface area contributed by atoms with E-state index in [0.29, 0.717) is 19.3 Å². The van der Waals surface area contributed by atoms with Crippen LogP contribution in [0.2, 0.25) is 0 Å². The quantitative estimate of drug-likeness (QED) is 0.116. The van der Waals surface area contributed by atoms with Crippen molar-refractivity contribution in [3.63, 3.8) is 0 Å². The second-order valence-electron chi connectivity index (χ2n) is 22.9. The summed E-state index contributed by atoms with van der Waals surface area (Å²) in [6.45, 7) is 14.2. The molecule has 0 amide bonds. The highest BCUT2D eigenvalue weighted by Crippen LogP contribution is 2.76. The van der Waals surface area contributed by atoms with Crippen LogP contribution in [0, 0.1) is 50.2 Å². The van der Waals surface area contributed by atoms with Crippen LogP contribution in [0.5, 0.6) is 0 Å². The molecule has 0 unspecified atom stereocenters. The van der Waals surface area contributed by atoms with Crippen LogP contribution >= 0.6 is 0 Å². The number of rotatable bonds is 9. The van der Waals surface area contributed by atoms with Crippen molar-refractivity contribution in [1.29, 1.82) is 0 Å². The number of fused-ring (bicyclic) bond motifs is 7. The third-order valence-corrected chi connectivity index (χ3v) is 19.1. The van der Waals surface area contributed by atoms with Crippen LogP contribution in [0.4, 0.5) is 0 Å². The van der Waals surface area contributed by atoms with Crippen molar-refractivity contribution in [2.24, 2.45) is 50.2 Å². The summed E-state index contributed by atoms with van der Waals surface area (Å²) in [5.41, 5.74) is -0.630. The van der Waals surface area contributed by atoms with Crippen LogP contribution in [0.1, 0.15) is 113 Å². The van der Waals surface area contributed by atoms with Crippen molar-refractivity contribution in [1.82, 2.24) is 0 Å². The van der Waals surface area contributed by atoms with Gasteiger partial charge in [-0.25, -0.2) is 0 Å². The first kappa shape index (κ1) is 49.0. The van der Waals surface area contributed by atoms with E-state index in [1.807, 2.05) is 6.92 Å². The maximum atomic E-state index is 13.1. The summed E-state index contributed by atoms with van der Waals surface area (Å²) in [4.78, 5) is 13.1. The molecule has 0 spiro atoms. The largest absolute Gasteiger partial charge is 0.481 e. The SMILES string of the molecule is C[C@@H]1O[C@@H](OC[C@H]2O[C@@H](O[C@H]3[C@H](O[C@H]4CC[C@@]5(C)[C@@H](CC[C@]6(C)[C@@H]5CC=C5[C@@H]7CC(C)(C)CC[C@]7(C(=O)O)CC[C@]56C)[C@]4(C)CO)OC[C@H](O)[C@@H]3O)[C@H](O)[C@@H](O)[C@@H]2O)[C@H](O)[C@H](O)[C@H]1O. The molecule has 0 aromatic rings. The molecule has 3 aliphatic heterocycles. The predicted octanol–water partition coefficient (Wildman–Crippen LogP) is 1.35. The summed E-state index contributed by atoms with van der Waals surface area (Å²) in [5.74, 6) is -0.403. The summed E-state index contributed by atoms with van der Waals surface area (Å²) in [6, 6.07) is 0. The number of aliphatic hydroxyl groups is 9. The summed E-state index contributed by atoms with van der Waals surface area (Å²) in [7, 11) is 0. The molecule has 0 radical (unpaired) electrons. The molecule has 23 atom stereocenters. The van der Waals surface area contributed by atoms with E-state index in [2.05, 4.69) is 40.7 Å². The molecule has 0 aromatic heterocycles. The highest BCUT2D eigenvalue weighted by Gasteiger charge is 2.70. The average molecular weight is 913 g/mol. The molecule has 64 heavy (non-hydrogen) atoms. The minimum atomic E-state index is -1.84. The highest BCUT2D eigenvalue weighted by atomic mass is 16.8. The van der Waals surface area contributed by atoms with E-state index in [1.165, 1.54) is 12.5 Å². The Morgan fingerprint density at radius 1 is 0.734 bits per heavy atom. The van der Waals surface area contributed by atoms with Gasteiger partial charge in [0.2, 0.25) is 0 Å². The van der Waals surface area contributed by atoms with E-state index in [1.54, 1.807) is 0 Å². The zero-order valence-electron chi connectivity index (χ0n) is 38.5. The van der Waals surface area contributed by atoms with Crippen molar-refractivity contribution in [2.75, 3.05) is 19.8 Å². The maximum Gasteiger partial charge on any atom is 0.310 e. The van der Waals surface area contributed by atoms with Crippen molar-refractivity contribution in [3.8, 4) is 0 Å². The van der Waals surface area contributed by atoms with Gasteiger partial charge in [-0.15, -0.1) is 0 Å². The van der Waals surface area contributed by atoms with Crippen molar-refractivity contribution in [2.45, 2.75) is 205 Å². The van der Waals surface area contributed by atoms with E-state index < -0.39 is 116 Å². The number of carboxylic acid groups (broad SMARTS) is 1. The first-order valence-corrected chi connectivity index (χ1v) is 23.7. The van der Waals surface area contributed by atoms with Gasteiger partial charge in [-0.05, 0) is 111 Å². The maximum absolute atomic E-state index is 13.1. The molecule has 4 saturated carbocycles. The topological polar surface area (TPSA) is 275 Å². The van der Waals surface area contributed by atoms with Gasteiger partial charge in [-0.1, -0.05) is 53.2 Å². The minimum absolute atomic E-state index is 0.00483. The summed E-state index contributed by atoms with van der Waals surface area (Å²) >= 11 is 0. The van der Waals surface area contributed by atoms with Gasteiger partial charge in [0.1, 0.15) is 61.0 Å². The first-order valence-electron chi connectivity index (χ1n) is 23.7. The number of carbonyl (C=O) groups is 1. The number of allylic oxidation sites excluding steroid dienone is 2. The molecule has 366 valence electrons. The minimum Gasteiger partial charge on any atom is -0.481 e. The molecule has 0 aromatic carbocycles. The van der Waals surface area contributed by atoms with Crippen LogP contribution in [-0.2, 0) is 33.2 Å². The molecule has 0 bridgehead atoms. The Balaban J connectivity index is 0.999. The van der Waals surface area contributed by atoms with Gasteiger partial charge >= 0.3 is 5.97 Å². The second kappa shape index (κ2) is 17.2. The van der Waals surface area contributed by atoms with Crippen molar-refractivity contribution >= 4 is 5.97 Å². The van der Waals surface area contributed by atoms with Crippen LogP contribution in [0.3, 0.4) is 0 Å². The molecule has 5 aliphatic carbocycles. The molecule has 8 rings (SSSR count). The van der Waals surface area contributed by atoms with Crippen LogP contribution < -0.4 is 0 Å². The Morgan fingerprint density at radius 3 is 2.09 bits per heavy atom. The van der Waals surface area contributed by atoms with E-state index in [9.17, 15) is 55.9 Å². The fraction of sp³-hybridized carbons (Fsp3) is 0.936. The number of aliphatic carboxylic acids is 1. The average Bonchev–Trinajstić information content (AvgIpc) is 3.24. The number of hydrogen-bond donors (Lipinski definition) is 10. The standard InChI is InChI=1S/C47H76O17/c1-22-30(50)33(53)35(55)38(61-22)60-20-26-32(52)34(54)36(56)39(62-26)64-37-31(51)25(49)19-59-40(37)63-29-11-12-43(4)27(44(29,5)21-48)10-13-46(7)28(43)9-8-23-24-18-42(2,3)14-16-47(24,41(57)58)17-15-45(23,46)6/h8,22,24-40,48-56H,9-21H2,1-7H3,(H,57,58)/t22-,24-,25-,26+,27+,28+,29-,30-,31-,32+,33+,34-,35+,36+,37+,38+,39-,40-,43-,44-,45+,46+,47-/m0/s1. The monoisotopic (exact) mass is 913 g/mol. The van der Waals surface area contributed by atoms with Gasteiger partial charge in [-0.2, -0.15) is 0 Å². The molecular weight excluding hydrogens is 837 g/mol. The number of ether oxygens (including phenoxy) is 6. The first-order chi connectivity index (χ1) is 29.9. The zero-order valence-corrected chi connectivity index (χ0v) is 38.5. The molecule has 8 aliphatic rings. The van der Waals surface area contributed by atoms with Crippen molar-refractivity contribution in [3.05, 3.63) is 11.6 Å². The number of aliphatic hydroxyl groups excluding tert-OH is 9. The normalized spacial score (nSPS) is 55.0. The lowest BCUT2D eigenvalue weighted by atomic mass is 9.33. The predicted molar refractivity (Wildman–Crippen MR) is 225 cm³/mol. The van der Waals surface area contributed by atoms with Gasteiger partial charge in [0.05, 0.1) is 37.4 Å². The van der Waals surface area contributed by atoms with E-state index in [0.717, 1.165) is 44.9 Å². The van der Waals surface area contributed by atoms with E-state index >= 15 is 0 Å². The summed E-state index contributed by atoms with van der Waals surface area (Å²) < 4.78 is 35.8. The van der Waals surface area contributed by atoms with Crippen LogP contribution in [0.15, 0.2) is 11.6 Å². The lowest BCUT2D eigenvalue weighted by Gasteiger charge is -2.71. The Morgan fingerprint density at radius 2 is 1.41 bits per heavy atom. The Bertz CT molecular complexity index is 1750. The summed E-state index contributed by atoms with van der Waals surface area (Å²) in [6.07, 6.45) is -11.6. The number of hydrogen-bond acceptors (Lipinski definition) is 16. The van der Waals surface area contributed by atoms with Crippen molar-refractivity contribution < 1.29 is 84.3 Å². The third kappa shape index (κ3) is 7.58. The van der Waals surface area contributed by atoms with Crippen LogP contribution in [-0.4, -0.2) is 169 Å². The number of carboxylic acids is 1. The molecule has 7 fully saturated rings. The molecule has 17 heteroatoms.